The molecule has 2 atom stereocenters. The Balaban J connectivity index is 0.00000128. The summed E-state index contributed by atoms with van der Waals surface area (Å²) in [5.41, 5.74) is 0. The molecule has 2 rings (SSSR count). The summed E-state index contributed by atoms with van der Waals surface area (Å²) in [5.74, 6) is 0.158. The topological polar surface area (TPSA) is 50.4 Å². The maximum absolute atomic E-state index is 11.8. The first kappa shape index (κ1) is 13.7. The van der Waals surface area contributed by atoms with Gasteiger partial charge in [-0.3, -0.25) is 4.79 Å². The Morgan fingerprint density at radius 3 is 2.75 bits per heavy atom. The Morgan fingerprint density at radius 1 is 1.25 bits per heavy atom. The number of hydrogen-bond donors (Lipinski definition) is 2. The van der Waals surface area contributed by atoms with Crippen molar-refractivity contribution in [3.63, 3.8) is 0 Å². The zero-order chi connectivity index (χ0) is 10.5. The van der Waals surface area contributed by atoms with E-state index in [1.165, 1.54) is 6.42 Å². The lowest BCUT2D eigenvalue weighted by atomic mass is 10.0. The first-order chi connectivity index (χ1) is 7.36. The van der Waals surface area contributed by atoms with Gasteiger partial charge < -0.3 is 15.4 Å². The normalized spacial score (nSPS) is 30.2. The summed E-state index contributed by atoms with van der Waals surface area (Å²) < 4.78 is 5.34. The summed E-state index contributed by atoms with van der Waals surface area (Å²) in [6, 6.07) is 0.260. The maximum Gasteiger partial charge on any atom is 0.237 e. The van der Waals surface area contributed by atoms with Crippen molar-refractivity contribution < 1.29 is 9.53 Å². The lowest BCUT2D eigenvalue weighted by molar-refractivity contribution is -0.125. The number of amides is 1. The van der Waals surface area contributed by atoms with Crippen LogP contribution in [-0.2, 0) is 9.53 Å². The molecule has 2 N–H and O–H groups in total. The summed E-state index contributed by atoms with van der Waals surface area (Å²) in [5, 5.41) is 6.32. The molecule has 4 nitrogen and oxygen atoms in total. The van der Waals surface area contributed by atoms with Gasteiger partial charge in [0.05, 0.1) is 18.7 Å². The first-order valence-corrected chi connectivity index (χ1v) is 5.98. The molecule has 1 unspecified atom stereocenters. The minimum Gasteiger partial charge on any atom is -0.379 e. The van der Waals surface area contributed by atoms with Gasteiger partial charge in [-0.15, -0.1) is 12.4 Å². The number of carbonyl (C=O) groups is 1. The molecule has 1 amide bonds. The number of piperidine rings is 1. The summed E-state index contributed by atoms with van der Waals surface area (Å²) in [6.45, 7) is 2.49. The van der Waals surface area contributed by atoms with Crippen molar-refractivity contribution in [1.29, 1.82) is 0 Å². The summed E-state index contributed by atoms with van der Waals surface area (Å²) in [7, 11) is 0. The van der Waals surface area contributed by atoms with E-state index < -0.39 is 0 Å². The Kier molecular flexibility index (Phi) is 6.09. The van der Waals surface area contributed by atoms with E-state index in [0.29, 0.717) is 6.61 Å². The van der Waals surface area contributed by atoms with Crippen LogP contribution >= 0.6 is 12.4 Å². The van der Waals surface area contributed by atoms with Crippen molar-refractivity contribution in [3.05, 3.63) is 0 Å². The SMILES string of the molecule is Cl.O=C(NC1CCCOC1)[C@H]1CCCCN1. The zero-order valence-electron chi connectivity index (χ0n) is 9.54. The average molecular weight is 249 g/mol. The standard InChI is InChI=1S/C11H20N2O2.ClH/c14-11(10-5-1-2-6-12-10)13-9-4-3-7-15-8-9;/h9-10,12H,1-8H2,(H,13,14);1H/t9?,10-;/m1./s1. The van der Waals surface area contributed by atoms with Crippen LogP contribution in [-0.4, -0.2) is 37.7 Å². The molecule has 0 saturated carbocycles. The first-order valence-electron chi connectivity index (χ1n) is 5.98. The predicted molar refractivity (Wildman–Crippen MR) is 64.9 cm³/mol. The summed E-state index contributed by atoms with van der Waals surface area (Å²) in [4.78, 5) is 11.8. The molecule has 0 bridgehead atoms. The highest BCUT2D eigenvalue weighted by Crippen LogP contribution is 2.09. The molecule has 5 heteroatoms. The molecule has 2 heterocycles. The second kappa shape index (κ2) is 7.09. The summed E-state index contributed by atoms with van der Waals surface area (Å²) >= 11 is 0. The molecule has 2 aliphatic rings. The van der Waals surface area contributed by atoms with Crippen molar-refractivity contribution >= 4 is 18.3 Å². The fraction of sp³-hybridized carbons (Fsp3) is 0.909. The van der Waals surface area contributed by atoms with E-state index in [9.17, 15) is 4.79 Å². The average Bonchev–Trinajstić information content (AvgIpc) is 2.31. The van der Waals surface area contributed by atoms with Gasteiger partial charge in [0, 0.05) is 6.61 Å². The number of halogens is 1. The number of rotatable bonds is 2. The van der Waals surface area contributed by atoms with Gasteiger partial charge in [-0.2, -0.15) is 0 Å². The van der Waals surface area contributed by atoms with Crippen LogP contribution in [0.4, 0.5) is 0 Å². The molecule has 0 aliphatic carbocycles. The maximum atomic E-state index is 11.8. The summed E-state index contributed by atoms with van der Waals surface area (Å²) in [6.07, 6.45) is 5.43. The molecular formula is C11H21ClN2O2. The Labute approximate surface area is 103 Å². The quantitative estimate of drug-likeness (QED) is 0.762. The third-order valence-electron chi connectivity index (χ3n) is 3.13. The largest absolute Gasteiger partial charge is 0.379 e. The van der Waals surface area contributed by atoms with Gasteiger partial charge in [0.25, 0.3) is 0 Å². The highest BCUT2D eigenvalue weighted by Gasteiger charge is 2.23. The third-order valence-corrected chi connectivity index (χ3v) is 3.13. The minimum absolute atomic E-state index is 0. The van der Waals surface area contributed by atoms with E-state index in [1.807, 2.05) is 0 Å². The second-order valence-electron chi connectivity index (χ2n) is 4.43. The number of carbonyl (C=O) groups excluding carboxylic acids is 1. The minimum atomic E-state index is 0. The van der Waals surface area contributed by atoms with E-state index in [4.69, 9.17) is 4.74 Å². The highest BCUT2D eigenvalue weighted by molar-refractivity contribution is 5.85. The fourth-order valence-corrected chi connectivity index (χ4v) is 2.23. The molecule has 0 aromatic heterocycles. The zero-order valence-corrected chi connectivity index (χ0v) is 10.4. The molecule has 2 aliphatic heterocycles. The van der Waals surface area contributed by atoms with E-state index in [0.717, 1.165) is 38.8 Å². The third kappa shape index (κ3) is 3.92. The van der Waals surface area contributed by atoms with Crippen LogP contribution in [0.5, 0.6) is 0 Å². The molecule has 0 aromatic carbocycles. The van der Waals surface area contributed by atoms with Crippen LogP contribution < -0.4 is 10.6 Å². The van der Waals surface area contributed by atoms with Gasteiger partial charge in [0.1, 0.15) is 0 Å². The molecule has 94 valence electrons. The van der Waals surface area contributed by atoms with Gasteiger partial charge in [-0.1, -0.05) is 6.42 Å². The highest BCUT2D eigenvalue weighted by atomic mass is 35.5. The van der Waals surface area contributed by atoms with Crippen LogP contribution in [0.25, 0.3) is 0 Å². The van der Waals surface area contributed by atoms with Crippen molar-refractivity contribution in [2.75, 3.05) is 19.8 Å². The van der Waals surface area contributed by atoms with Crippen LogP contribution in [0.2, 0.25) is 0 Å². The molecule has 0 radical (unpaired) electrons. The van der Waals surface area contributed by atoms with Crippen molar-refractivity contribution in [2.45, 2.75) is 44.2 Å². The van der Waals surface area contributed by atoms with Crippen LogP contribution in [0.3, 0.4) is 0 Å². The van der Waals surface area contributed by atoms with Gasteiger partial charge in [-0.05, 0) is 32.2 Å². The van der Waals surface area contributed by atoms with Crippen molar-refractivity contribution in [3.8, 4) is 0 Å². The van der Waals surface area contributed by atoms with Crippen LogP contribution in [0, 0.1) is 0 Å². The number of ether oxygens (including phenoxy) is 1. The van der Waals surface area contributed by atoms with Gasteiger partial charge >= 0.3 is 0 Å². The smallest absolute Gasteiger partial charge is 0.237 e. The van der Waals surface area contributed by atoms with Crippen molar-refractivity contribution in [2.24, 2.45) is 0 Å². The lowest BCUT2D eigenvalue weighted by Crippen LogP contribution is -2.51. The number of hydrogen-bond acceptors (Lipinski definition) is 3. The van der Waals surface area contributed by atoms with E-state index in [-0.39, 0.29) is 30.4 Å². The predicted octanol–water partition coefficient (Wildman–Crippen LogP) is 0.845. The van der Waals surface area contributed by atoms with Crippen molar-refractivity contribution in [1.82, 2.24) is 10.6 Å². The van der Waals surface area contributed by atoms with Gasteiger partial charge in [-0.25, -0.2) is 0 Å². The van der Waals surface area contributed by atoms with Crippen LogP contribution in [0.1, 0.15) is 32.1 Å². The van der Waals surface area contributed by atoms with Gasteiger partial charge in [0.2, 0.25) is 5.91 Å². The molecule has 16 heavy (non-hydrogen) atoms. The monoisotopic (exact) mass is 248 g/mol. The van der Waals surface area contributed by atoms with E-state index in [1.54, 1.807) is 0 Å². The molecule has 2 saturated heterocycles. The Bertz CT molecular complexity index is 214. The second-order valence-corrected chi connectivity index (χ2v) is 4.43. The molecular weight excluding hydrogens is 228 g/mol. The molecule has 0 spiro atoms. The van der Waals surface area contributed by atoms with E-state index in [2.05, 4.69) is 10.6 Å². The lowest BCUT2D eigenvalue weighted by Gasteiger charge is -2.27. The molecule has 2 fully saturated rings. The fourth-order valence-electron chi connectivity index (χ4n) is 2.23. The van der Waals surface area contributed by atoms with Gasteiger partial charge in [0.15, 0.2) is 0 Å². The number of nitrogens with one attached hydrogen (secondary N) is 2. The Morgan fingerprint density at radius 2 is 2.12 bits per heavy atom. The Hall–Kier alpha value is -0.320. The molecule has 0 aromatic rings. The van der Waals surface area contributed by atoms with Crippen LogP contribution in [0.15, 0.2) is 0 Å². The van der Waals surface area contributed by atoms with E-state index >= 15 is 0 Å².